The number of aliphatic hydroxyl groups excluding tert-OH is 1. The second-order valence-corrected chi connectivity index (χ2v) is 7.75. The van der Waals surface area contributed by atoms with Gasteiger partial charge in [-0.25, -0.2) is 0 Å². The molecule has 2 nitrogen and oxygen atoms in total. The van der Waals surface area contributed by atoms with E-state index in [2.05, 4.69) is 41.1 Å². The summed E-state index contributed by atoms with van der Waals surface area (Å²) in [6, 6.07) is 0. The van der Waals surface area contributed by atoms with E-state index in [9.17, 15) is 0 Å². The number of aliphatic hydroxyl groups is 1. The Balaban J connectivity index is 2.11. The molecule has 2 fully saturated rings. The molecule has 2 aliphatic carbocycles. The lowest BCUT2D eigenvalue weighted by Crippen LogP contribution is -2.41. The van der Waals surface area contributed by atoms with E-state index in [-0.39, 0.29) is 6.61 Å². The molecule has 19 heavy (non-hydrogen) atoms. The molecule has 0 amide bonds. The number of fused-ring (bicyclic) bond motifs is 1. The molecule has 0 aromatic heterocycles. The lowest BCUT2D eigenvalue weighted by atomic mass is 9.62. The zero-order valence-electron chi connectivity index (χ0n) is 11.8. The van der Waals surface area contributed by atoms with Gasteiger partial charge in [-0.15, -0.1) is 0 Å². The van der Waals surface area contributed by atoms with Crippen LogP contribution < -0.4 is 0 Å². The van der Waals surface area contributed by atoms with Crippen molar-refractivity contribution in [1.29, 1.82) is 0 Å². The van der Waals surface area contributed by atoms with E-state index in [1.54, 1.807) is 0 Å². The third-order valence-electron chi connectivity index (χ3n) is 5.48. The molecule has 2 rings (SSSR count). The van der Waals surface area contributed by atoms with Crippen LogP contribution in [0.15, 0.2) is 12.2 Å². The summed E-state index contributed by atoms with van der Waals surface area (Å²) < 4.78 is 5.92. The maximum atomic E-state index is 8.96. The molecule has 0 spiro atoms. The van der Waals surface area contributed by atoms with Gasteiger partial charge in [0.2, 0.25) is 0 Å². The molecule has 0 aromatic carbocycles. The third-order valence-corrected chi connectivity index (χ3v) is 6.42. The number of rotatable bonds is 5. The Morgan fingerprint density at radius 1 is 1.47 bits per heavy atom. The summed E-state index contributed by atoms with van der Waals surface area (Å²) in [5.74, 6) is 2.03. The zero-order valence-corrected chi connectivity index (χ0v) is 14.8. The fraction of sp³-hybridized carbons (Fsp3) is 0.867. The molecule has 0 saturated heterocycles. The third kappa shape index (κ3) is 3.33. The molecule has 2 aliphatic rings. The van der Waals surface area contributed by atoms with Gasteiger partial charge < -0.3 is 9.29 Å². The smallest absolute Gasteiger partial charge is 0.0765 e. The SMILES string of the molecule is C[C@H](/C=C/CO)C1CCC2C(OSI)CCCC21C. The molecule has 4 heteroatoms. The largest absolute Gasteiger partial charge is 0.392 e. The number of allylic oxidation sites excluding steroid dienone is 1. The molecule has 5 atom stereocenters. The first-order chi connectivity index (χ1) is 9.13. The molecule has 0 aromatic rings. The average Bonchev–Trinajstić information content (AvgIpc) is 2.74. The standard InChI is InChI=1S/C15H25IO2S/c1-11(5-4-10-17)12-7-8-13-14(18-19-16)6-3-9-15(12,13)2/h4-5,11-14,17H,3,6-10H2,1-2H3/b5-4+/t11-,12?,13?,14?,15?/m1/s1. The minimum atomic E-state index is 0.161. The van der Waals surface area contributed by atoms with Gasteiger partial charge in [0.25, 0.3) is 0 Å². The van der Waals surface area contributed by atoms with E-state index in [1.165, 1.54) is 41.3 Å². The summed E-state index contributed by atoms with van der Waals surface area (Å²) >= 11 is 2.24. The highest BCUT2D eigenvalue weighted by Gasteiger charge is 2.52. The second kappa shape index (κ2) is 7.14. The van der Waals surface area contributed by atoms with Gasteiger partial charge in [-0.05, 0) is 48.9 Å². The van der Waals surface area contributed by atoms with Crippen molar-refractivity contribution in [3.63, 3.8) is 0 Å². The Morgan fingerprint density at radius 2 is 2.26 bits per heavy atom. The Bertz CT molecular complexity index is 321. The highest BCUT2D eigenvalue weighted by Crippen LogP contribution is 2.58. The zero-order chi connectivity index (χ0) is 13.9. The fourth-order valence-electron chi connectivity index (χ4n) is 4.60. The Kier molecular flexibility index (Phi) is 6.06. The van der Waals surface area contributed by atoms with Crippen LogP contribution >= 0.6 is 30.4 Å². The van der Waals surface area contributed by atoms with Crippen molar-refractivity contribution >= 4 is 30.4 Å². The highest BCUT2D eigenvalue weighted by molar-refractivity contribution is 14.2. The monoisotopic (exact) mass is 396 g/mol. The van der Waals surface area contributed by atoms with Crippen LogP contribution in [0.1, 0.15) is 46.0 Å². The van der Waals surface area contributed by atoms with Gasteiger partial charge in [0.1, 0.15) is 0 Å². The maximum Gasteiger partial charge on any atom is 0.0765 e. The van der Waals surface area contributed by atoms with Crippen molar-refractivity contribution in [3.8, 4) is 0 Å². The Labute approximate surface area is 133 Å². The van der Waals surface area contributed by atoms with Gasteiger partial charge in [0, 0.05) is 21.2 Å². The molecule has 0 aliphatic heterocycles. The van der Waals surface area contributed by atoms with Crippen molar-refractivity contribution in [2.24, 2.45) is 23.2 Å². The molecule has 0 bridgehead atoms. The van der Waals surface area contributed by atoms with E-state index in [4.69, 9.17) is 9.29 Å². The molecule has 1 N–H and O–H groups in total. The van der Waals surface area contributed by atoms with Crippen LogP contribution in [-0.2, 0) is 4.18 Å². The molecule has 110 valence electrons. The van der Waals surface area contributed by atoms with Crippen LogP contribution in [0.3, 0.4) is 0 Å². The first kappa shape index (κ1) is 16.1. The van der Waals surface area contributed by atoms with Crippen LogP contribution in [0.5, 0.6) is 0 Å². The maximum absolute atomic E-state index is 8.96. The van der Waals surface area contributed by atoms with Crippen LogP contribution in [0.25, 0.3) is 0 Å². The predicted molar refractivity (Wildman–Crippen MR) is 90.0 cm³/mol. The van der Waals surface area contributed by atoms with E-state index >= 15 is 0 Å². The van der Waals surface area contributed by atoms with Gasteiger partial charge >= 0.3 is 0 Å². The van der Waals surface area contributed by atoms with Gasteiger partial charge in [-0.2, -0.15) is 0 Å². The summed E-state index contributed by atoms with van der Waals surface area (Å²) in [7, 11) is 1.50. The van der Waals surface area contributed by atoms with Crippen molar-refractivity contribution in [3.05, 3.63) is 12.2 Å². The fourth-order valence-corrected chi connectivity index (χ4v) is 5.72. The lowest BCUT2D eigenvalue weighted by molar-refractivity contribution is 0.000442. The van der Waals surface area contributed by atoms with Crippen LogP contribution in [0.2, 0.25) is 0 Å². The van der Waals surface area contributed by atoms with E-state index in [0.29, 0.717) is 17.4 Å². The second-order valence-electron chi connectivity index (χ2n) is 6.36. The molecule has 4 unspecified atom stereocenters. The summed E-state index contributed by atoms with van der Waals surface area (Å²) in [6.45, 7) is 4.95. The average molecular weight is 396 g/mol. The van der Waals surface area contributed by atoms with Crippen LogP contribution in [0, 0.1) is 23.2 Å². The highest BCUT2D eigenvalue weighted by atomic mass is 127. The molecular formula is C15H25IO2S. The summed E-state index contributed by atoms with van der Waals surface area (Å²) in [5.41, 5.74) is 0.425. The molecular weight excluding hydrogens is 371 g/mol. The van der Waals surface area contributed by atoms with E-state index in [0.717, 1.165) is 11.8 Å². The van der Waals surface area contributed by atoms with Crippen molar-refractivity contribution in [2.45, 2.75) is 52.1 Å². The summed E-state index contributed by atoms with van der Waals surface area (Å²) in [4.78, 5) is 0. The summed E-state index contributed by atoms with van der Waals surface area (Å²) in [5, 5.41) is 8.96. The number of hydrogen-bond donors (Lipinski definition) is 1. The Hall–Kier alpha value is 0.740. The van der Waals surface area contributed by atoms with E-state index in [1.807, 2.05) is 6.08 Å². The lowest BCUT2D eigenvalue weighted by Gasteiger charge is -2.45. The first-order valence-corrected chi connectivity index (χ1v) is 10.6. The quantitative estimate of drug-likeness (QED) is 0.412. The van der Waals surface area contributed by atoms with Gasteiger partial charge in [0.15, 0.2) is 0 Å². The number of hydrogen-bond acceptors (Lipinski definition) is 3. The van der Waals surface area contributed by atoms with Crippen molar-refractivity contribution in [1.82, 2.24) is 0 Å². The predicted octanol–water partition coefficient (Wildman–Crippen LogP) is 4.77. The number of halogens is 1. The van der Waals surface area contributed by atoms with Gasteiger partial charge in [-0.3, -0.25) is 0 Å². The minimum Gasteiger partial charge on any atom is -0.392 e. The van der Waals surface area contributed by atoms with Crippen LogP contribution in [0.4, 0.5) is 0 Å². The van der Waals surface area contributed by atoms with Crippen molar-refractivity contribution in [2.75, 3.05) is 6.61 Å². The Morgan fingerprint density at radius 3 is 2.95 bits per heavy atom. The topological polar surface area (TPSA) is 29.5 Å². The molecule has 0 radical (unpaired) electrons. The minimum absolute atomic E-state index is 0.161. The van der Waals surface area contributed by atoms with Gasteiger partial charge in [0.05, 0.1) is 21.9 Å². The van der Waals surface area contributed by atoms with Crippen molar-refractivity contribution < 1.29 is 9.29 Å². The van der Waals surface area contributed by atoms with Crippen LogP contribution in [-0.4, -0.2) is 17.8 Å². The van der Waals surface area contributed by atoms with E-state index < -0.39 is 0 Å². The first-order valence-electron chi connectivity index (χ1n) is 7.35. The van der Waals surface area contributed by atoms with Gasteiger partial charge in [-0.1, -0.05) is 32.4 Å². The molecule has 2 saturated carbocycles. The molecule has 0 heterocycles. The normalized spacial score (nSPS) is 40.5. The summed E-state index contributed by atoms with van der Waals surface area (Å²) in [6.07, 6.45) is 11.0.